The highest BCUT2D eigenvalue weighted by molar-refractivity contribution is 14.0. The number of H-pyrrole nitrogens is 1. The number of likely N-dealkylation sites (tertiary alicyclic amines) is 1. The van der Waals surface area contributed by atoms with Crippen molar-refractivity contribution in [2.24, 2.45) is 4.99 Å². The number of aromatic amines is 1. The van der Waals surface area contributed by atoms with Crippen LogP contribution < -0.4 is 10.6 Å². The van der Waals surface area contributed by atoms with Crippen LogP contribution in [0.15, 0.2) is 27.8 Å². The van der Waals surface area contributed by atoms with Gasteiger partial charge in [-0.05, 0) is 18.6 Å². The maximum atomic E-state index is 12.5. The Bertz CT molecular complexity index is 732. The number of nitrogens with zero attached hydrogens (tertiary/aromatic N) is 4. The molecule has 150 valence electrons. The van der Waals surface area contributed by atoms with Gasteiger partial charge in [0.15, 0.2) is 11.7 Å². The fourth-order valence-electron chi connectivity index (χ4n) is 2.79. The predicted molar refractivity (Wildman–Crippen MR) is 104 cm³/mol. The van der Waals surface area contributed by atoms with Gasteiger partial charge in [-0.2, -0.15) is 13.2 Å². The summed E-state index contributed by atoms with van der Waals surface area (Å²) in [5.41, 5.74) is 0. The molecule has 27 heavy (non-hydrogen) atoms. The summed E-state index contributed by atoms with van der Waals surface area (Å²) in [7, 11) is 1.60. The minimum absolute atomic E-state index is 0. The summed E-state index contributed by atoms with van der Waals surface area (Å²) >= 11 is 0. The molecule has 1 unspecified atom stereocenters. The summed E-state index contributed by atoms with van der Waals surface area (Å²) < 4.78 is 42.6. The number of furan rings is 1. The van der Waals surface area contributed by atoms with Crippen molar-refractivity contribution in [3.05, 3.63) is 24.2 Å². The molecule has 0 saturated carbocycles. The van der Waals surface area contributed by atoms with Crippen LogP contribution in [-0.2, 0) is 6.54 Å². The fraction of sp³-hybridized carbons (Fsp3) is 0.533. The lowest BCUT2D eigenvalue weighted by Crippen LogP contribution is -2.45. The molecule has 0 bridgehead atoms. The molecule has 1 aliphatic heterocycles. The summed E-state index contributed by atoms with van der Waals surface area (Å²) in [6, 6.07) is 3.42. The first-order valence-corrected chi connectivity index (χ1v) is 8.14. The minimum atomic E-state index is -4.17. The summed E-state index contributed by atoms with van der Waals surface area (Å²) in [5, 5.41) is 13.1. The van der Waals surface area contributed by atoms with Crippen LogP contribution in [0, 0.1) is 0 Å². The zero-order valence-corrected chi connectivity index (χ0v) is 16.9. The Morgan fingerprint density at radius 3 is 2.96 bits per heavy atom. The van der Waals surface area contributed by atoms with E-state index in [-0.39, 0.29) is 30.0 Å². The summed E-state index contributed by atoms with van der Waals surface area (Å²) in [6.45, 7) is 0.186. The number of guanidine groups is 1. The van der Waals surface area contributed by atoms with Crippen LogP contribution in [0.25, 0.3) is 11.6 Å². The van der Waals surface area contributed by atoms with Gasteiger partial charge in [0.2, 0.25) is 5.82 Å². The van der Waals surface area contributed by atoms with Gasteiger partial charge in [-0.15, -0.1) is 29.1 Å². The van der Waals surface area contributed by atoms with Crippen LogP contribution in [0.5, 0.6) is 0 Å². The first-order valence-electron chi connectivity index (χ1n) is 8.14. The average molecular weight is 499 g/mol. The van der Waals surface area contributed by atoms with E-state index in [1.165, 1.54) is 4.90 Å². The Morgan fingerprint density at radius 2 is 2.30 bits per heavy atom. The highest BCUT2D eigenvalue weighted by Crippen LogP contribution is 2.20. The van der Waals surface area contributed by atoms with Gasteiger partial charge >= 0.3 is 6.18 Å². The lowest BCUT2D eigenvalue weighted by Gasteiger charge is -2.19. The second kappa shape index (κ2) is 9.39. The van der Waals surface area contributed by atoms with E-state index in [4.69, 9.17) is 4.42 Å². The largest absolute Gasteiger partial charge is 0.461 e. The van der Waals surface area contributed by atoms with Crippen molar-refractivity contribution in [2.75, 3.05) is 26.7 Å². The standard InChI is InChI=1S/C15H20F3N7O.HI/c1-19-14(21-10-4-5-25(8-10)9-15(16,17)18)20-7-12-22-13(24-23-12)11-3-2-6-26-11;/h2-3,6,10H,4-5,7-9H2,1H3,(H2,19,20,21)(H,22,23,24);1H. The van der Waals surface area contributed by atoms with Crippen molar-refractivity contribution in [3.63, 3.8) is 0 Å². The highest BCUT2D eigenvalue weighted by atomic mass is 127. The first kappa shape index (κ1) is 21.5. The third kappa shape index (κ3) is 6.37. The molecule has 8 nitrogen and oxygen atoms in total. The van der Waals surface area contributed by atoms with E-state index in [9.17, 15) is 13.2 Å². The number of aliphatic imine (C=N–C) groups is 1. The second-order valence-corrected chi connectivity index (χ2v) is 5.99. The van der Waals surface area contributed by atoms with E-state index in [2.05, 4.69) is 30.8 Å². The Morgan fingerprint density at radius 1 is 1.48 bits per heavy atom. The molecular weight excluding hydrogens is 478 g/mol. The van der Waals surface area contributed by atoms with Crippen molar-refractivity contribution >= 4 is 29.9 Å². The van der Waals surface area contributed by atoms with Gasteiger partial charge < -0.3 is 15.1 Å². The molecule has 0 aliphatic carbocycles. The van der Waals surface area contributed by atoms with Crippen LogP contribution in [0.1, 0.15) is 12.2 Å². The first-order chi connectivity index (χ1) is 12.4. The van der Waals surface area contributed by atoms with Gasteiger partial charge in [0.05, 0.1) is 19.4 Å². The normalized spacial score (nSPS) is 18.4. The third-order valence-corrected chi connectivity index (χ3v) is 3.94. The van der Waals surface area contributed by atoms with Crippen LogP contribution in [-0.4, -0.2) is 64.9 Å². The summed E-state index contributed by atoms with van der Waals surface area (Å²) in [5.74, 6) is 2.10. The smallest absolute Gasteiger partial charge is 0.401 e. The highest BCUT2D eigenvalue weighted by Gasteiger charge is 2.34. The molecular formula is C15H21F3IN7O. The van der Waals surface area contributed by atoms with Crippen molar-refractivity contribution in [3.8, 4) is 11.6 Å². The quantitative estimate of drug-likeness (QED) is 0.331. The zero-order valence-electron chi connectivity index (χ0n) is 14.6. The maximum Gasteiger partial charge on any atom is 0.401 e. The number of aromatic nitrogens is 3. The lowest BCUT2D eigenvalue weighted by molar-refractivity contribution is -0.143. The van der Waals surface area contributed by atoms with Crippen molar-refractivity contribution in [2.45, 2.75) is 25.2 Å². The van der Waals surface area contributed by atoms with Gasteiger partial charge in [-0.25, -0.2) is 4.98 Å². The molecule has 0 amide bonds. The topological polar surface area (TPSA) is 94.4 Å². The number of nitrogens with one attached hydrogen (secondary N) is 3. The van der Waals surface area contributed by atoms with Crippen molar-refractivity contribution in [1.29, 1.82) is 0 Å². The molecule has 1 fully saturated rings. The van der Waals surface area contributed by atoms with Crippen LogP contribution in [0.4, 0.5) is 13.2 Å². The molecule has 1 saturated heterocycles. The molecule has 3 heterocycles. The number of alkyl halides is 3. The van der Waals surface area contributed by atoms with E-state index in [1.54, 1.807) is 25.4 Å². The fourth-order valence-corrected chi connectivity index (χ4v) is 2.79. The summed E-state index contributed by atoms with van der Waals surface area (Å²) in [4.78, 5) is 9.79. The number of hydrogen-bond acceptors (Lipinski definition) is 5. The van der Waals surface area contributed by atoms with Gasteiger partial charge in [-0.3, -0.25) is 15.0 Å². The minimum Gasteiger partial charge on any atom is -0.461 e. The molecule has 0 radical (unpaired) electrons. The van der Waals surface area contributed by atoms with E-state index in [0.717, 1.165) is 0 Å². The van der Waals surface area contributed by atoms with Crippen LogP contribution >= 0.6 is 24.0 Å². The van der Waals surface area contributed by atoms with E-state index >= 15 is 0 Å². The predicted octanol–water partition coefficient (Wildman–Crippen LogP) is 1.98. The summed E-state index contributed by atoms with van der Waals surface area (Å²) in [6.07, 6.45) is -2.01. The van der Waals surface area contributed by atoms with Crippen molar-refractivity contribution < 1.29 is 17.6 Å². The van der Waals surface area contributed by atoms with Crippen LogP contribution in [0.2, 0.25) is 0 Å². The number of hydrogen-bond donors (Lipinski definition) is 3. The number of halogens is 4. The Hall–Kier alpha value is -1.83. The Labute approximate surface area is 171 Å². The molecule has 1 atom stereocenters. The molecule has 12 heteroatoms. The van der Waals surface area contributed by atoms with Gasteiger partial charge in [0, 0.05) is 26.2 Å². The number of rotatable bonds is 5. The monoisotopic (exact) mass is 499 g/mol. The Kier molecular flexibility index (Phi) is 7.47. The van der Waals surface area contributed by atoms with E-state index in [0.29, 0.717) is 49.4 Å². The molecule has 2 aromatic rings. The Balaban J connectivity index is 0.00000261. The SMILES string of the molecule is CN=C(NCc1nc(-c2ccco2)n[nH]1)NC1CCN(CC(F)(F)F)C1.I. The van der Waals surface area contributed by atoms with Gasteiger partial charge in [0.1, 0.15) is 5.82 Å². The maximum absolute atomic E-state index is 12.5. The zero-order chi connectivity index (χ0) is 18.6. The van der Waals surface area contributed by atoms with Gasteiger partial charge in [0.25, 0.3) is 0 Å². The molecule has 0 aromatic carbocycles. The molecule has 2 aromatic heterocycles. The molecule has 3 rings (SSSR count). The molecule has 1 aliphatic rings. The third-order valence-electron chi connectivity index (χ3n) is 3.94. The van der Waals surface area contributed by atoms with E-state index in [1.807, 2.05) is 0 Å². The van der Waals surface area contributed by atoms with Crippen molar-refractivity contribution in [1.82, 2.24) is 30.7 Å². The van der Waals surface area contributed by atoms with Gasteiger partial charge in [-0.1, -0.05) is 0 Å². The van der Waals surface area contributed by atoms with E-state index < -0.39 is 12.7 Å². The molecule has 0 spiro atoms. The van der Waals surface area contributed by atoms with Crippen LogP contribution in [0.3, 0.4) is 0 Å². The molecule has 3 N–H and O–H groups in total. The second-order valence-electron chi connectivity index (χ2n) is 5.99. The average Bonchev–Trinajstić information content (AvgIpc) is 3.31. The lowest BCUT2D eigenvalue weighted by atomic mass is 10.3.